The third kappa shape index (κ3) is 6.70. The standard InChI is InChI=1S/C12H8F2O.C8H15NO2/c13-9-3-1-5-11(7-9)15-12-6-2-4-10(14)8-12;1-8(2,3)11-7(10)9-5-4-6-9/h1-8H;4-6H2,1-3H3. The van der Waals surface area contributed by atoms with Crippen LogP contribution in [0.3, 0.4) is 0 Å². The Hall–Kier alpha value is -2.63. The van der Waals surface area contributed by atoms with E-state index in [4.69, 9.17) is 9.47 Å². The molecule has 2 aromatic carbocycles. The van der Waals surface area contributed by atoms with Crippen molar-refractivity contribution in [1.29, 1.82) is 0 Å². The Morgan fingerprint density at radius 1 is 0.962 bits per heavy atom. The summed E-state index contributed by atoms with van der Waals surface area (Å²) >= 11 is 0. The molecule has 0 radical (unpaired) electrons. The molecule has 0 saturated carbocycles. The Morgan fingerprint density at radius 2 is 1.46 bits per heavy atom. The predicted octanol–water partition coefficient (Wildman–Crippen LogP) is 5.38. The minimum absolute atomic E-state index is 0.177. The lowest BCUT2D eigenvalue weighted by Crippen LogP contribution is -2.44. The summed E-state index contributed by atoms with van der Waals surface area (Å²) in [4.78, 5) is 12.9. The fourth-order valence-corrected chi connectivity index (χ4v) is 2.02. The molecular weight excluding hydrogens is 340 g/mol. The van der Waals surface area contributed by atoms with E-state index in [0.717, 1.165) is 19.5 Å². The van der Waals surface area contributed by atoms with Gasteiger partial charge in [-0.25, -0.2) is 13.6 Å². The fourth-order valence-electron chi connectivity index (χ4n) is 2.02. The van der Waals surface area contributed by atoms with Gasteiger partial charge in [0.1, 0.15) is 28.7 Å². The molecule has 0 bridgehead atoms. The lowest BCUT2D eigenvalue weighted by atomic mass is 10.2. The van der Waals surface area contributed by atoms with E-state index in [2.05, 4.69) is 0 Å². The lowest BCUT2D eigenvalue weighted by molar-refractivity contribution is 0.0131. The van der Waals surface area contributed by atoms with Gasteiger partial charge in [-0.2, -0.15) is 0 Å². The molecule has 1 fully saturated rings. The summed E-state index contributed by atoms with van der Waals surface area (Å²) in [6, 6.07) is 11.4. The molecule has 26 heavy (non-hydrogen) atoms. The molecule has 1 aliphatic rings. The van der Waals surface area contributed by atoms with E-state index in [0.29, 0.717) is 11.5 Å². The van der Waals surface area contributed by atoms with Crippen LogP contribution in [0.5, 0.6) is 11.5 Å². The van der Waals surface area contributed by atoms with Gasteiger partial charge in [0.2, 0.25) is 0 Å². The van der Waals surface area contributed by atoms with Gasteiger partial charge in [-0.1, -0.05) is 12.1 Å². The van der Waals surface area contributed by atoms with Crippen LogP contribution in [0.2, 0.25) is 0 Å². The van der Waals surface area contributed by atoms with Crippen molar-refractivity contribution in [3.05, 3.63) is 60.2 Å². The molecule has 2 aromatic rings. The van der Waals surface area contributed by atoms with Crippen molar-refractivity contribution in [3.63, 3.8) is 0 Å². The van der Waals surface area contributed by atoms with E-state index in [-0.39, 0.29) is 23.3 Å². The van der Waals surface area contributed by atoms with Crippen molar-refractivity contribution >= 4 is 6.09 Å². The highest BCUT2D eigenvalue weighted by atomic mass is 19.1. The van der Waals surface area contributed by atoms with E-state index >= 15 is 0 Å². The average Bonchev–Trinajstić information content (AvgIpc) is 2.44. The molecule has 0 aliphatic carbocycles. The first-order valence-electron chi connectivity index (χ1n) is 8.40. The monoisotopic (exact) mass is 363 g/mol. The topological polar surface area (TPSA) is 38.8 Å². The molecule has 4 nitrogen and oxygen atoms in total. The molecular formula is C20H23F2NO3. The van der Waals surface area contributed by atoms with Crippen molar-refractivity contribution in [1.82, 2.24) is 4.90 Å². The first-order chi connectivity index (χ1) is 12.2. The SMILES string of the molecule is CC(C)(C)OC(=O)N1CCC1.Fc1cccc(Oc2cccc(F)c2)c1. The predicted molar refractivity (Wildman–Crippen MR) is 95.3 cm³/mol. The number of rotatable bonds is 2. The van der Waals surface area contributed by atoms with Gasteiger partial charge in [0.05, 0.1) is 0 Å². The van der Waals surface area contributed by atoms with E-state index in [9.17, 15) is 13.6 Å². The van der Waals surface area contributed by atoms with Crippen LogP contribution in [0.1, 0.15) is 27.2 Å². The smallest absolute Gasteiger partial charge is 0.410 e. The first kappa shape index (κ1) is 19.7. The zero-order chi connectivity index (χ0) is 19.2. The molecule has 0 N–H and O–H groups in total. The number of ether oxygens (including phenoxy) is 2. The molecule has 0 aromatic heterocycles. The zero-order valence-electron chi connectivity index (χ0n) is 15.2. The average molecular weight is 363 g/mol. The minimum Gasteiger partial charge on any atom is -0.457 e. The molecule has 0 atom stereocenters. The van der Waals surface area contributed by atoms with Crippen LogP contribution in [-0.2, 0) is 4.74 Å². The van der Waals surface area contributed by atoms with Gasteiger partial charge in [0.25, 0.3) is 0 Å². The van der Waals surface area contributed by atoms with Gasteiger partial charge in [0.15, 0.2) is 0 Å². The van der Waals surface area contributed by atoms with Crippen LogP contribution in [0.15, 0.2) is 48.5 Å². The summed E-state index contributed by atoms with van der Waals surface area (Å²) in [7, 11) is 0. The minimum atomic E-state index is -0.385. The van der Waals surface area contributed by atoms with Crippen LogP contribution in [0.25, 0.3) is 0 Å². The number of hydrogen-bond acceptors (Lipinski definition) is 3. The van der Waals surface area contributed by atoms with Gasteiger partial charge >= 0.3 is 6.09 Å². The maximum absolute atomic E-state index is 12.8. The molecule has 1 aliphatic heterocycles. The summed E-state index contributed by atoms with van der Waals surface area (Å²) in [5, 5.41) is 0. The molecule has 6 heteroatoms. The van der Waals surface area contributed by atoms with Gasteiger partial charge in [-0.15, -0.1) is 0 Å². The second kappa shape index (κ2) is 8.65. The highest BCUT2D eigenvalue weighted by Crippen LogP contribution is 2.22. The van der Waals surface area contributed by atoms with Crippen molar-refractivity contribution in [2.75, 3.05) is 13.1 Å². The van der Waals surface area contributed by atoms with Crippen LogP contribution in [0, 0.1) is 11.6 Å². The van der Waals surface area contributed by atoms with Crippen LogP contribution < -0.4 is 4.74 Å². The number of hydrogen-bond donors (Lipinski definition) is 0. The first-order valence-corrected chi connectivity index (χ1v) is 8.40. The summed E-state index contributed by atoms with van der Waals surface area (Å²) in [6.07, 6.45) is 0.933. The maximum atomic E-state index is 12.8. The molecule has 0 unspecified atom stereocenters. The van der Waals surface area contributed by atoms with Crippen molar-refractivity contribution in [2.45, 2.75) is 32.8 Å². The Morgan fingerprint density at radius 3 is 1.81 bits per heavy atom. The highest BCUT2D eigenvalue weighted by Gasteiger charge is 2.25. The molecule has 3 rings (SSSR count). The Balaban J connectivity index is 0.000000197. The zero-order valence-corrected chi connectivity index (χ0v) is 15.2. The number of likely N-dealkylation sites (tertiary alicyclic amines) is 1. The number of carbonyl (C=O) groups excluding carboxylic acids is 1. The summed E-state index contributed by atoms with van der Waals surface area (Å²) in [6.45, 7) is 7.35. The summed E-state index contributed by atoms with van der Waals surface area (Å²) in [5.74, 6) is -0.0750. The van der Waals surface area contributed by atoms with Gasteiger partial charge in [-0.05, 0) is 51.5 Å². The molecule has 1 amide bonds. The van der Waals surface area contributed by atoms with Gasteiger partial charge in [-0.3, -0.25) is 0 Å². The normalized spacial score (nSPS) is 13.2. The van der Waals surface area contributed by atoms with Gasteiger partial charge < -0.3 is 14.4 Å². The molecule has 0 spiro atoms. The van der Waals surface area contributed by atoms with Crippen molar-refractivity contribution in [3.8, 4) is 11.5 Å². The van der Waals surface area contributed by atoms with E-state index < -0.39 is 0 Å². The second-order valence-corrected chi connectivity index (χ2v) is 6.84. The fraction of sp³-hybridized carbons (Fsp3) is 0.350. The van der Waals surface area contributed by atoms with Crippen molar-refractivity contribution in [2.24, 2.45) is 0 Å². The number of amides is 1. The lowest BCUT2D eigenvalue weighted by Gasteiger charge is -2.32. The largest absolute Gasteiger partial charge is 0.457 e. The van der Waals surface area contributed by atoms with E-state index in [1.165, 1.54) is 36.4 Å². The quantitative estimate of drug-likeness (QED) is 0.719. The maximum Gasteiger partial charge on any atom is 0.410 e. The Kier molecular flexibility index (Phi) is 6.55. The van der Waals surface area contributed by atoms with Gasteiger partial charge in [0, 0.05) is 25.2 Å². The molecule has 140 valence electrons. The van der Waals surface area contributed by atoms with Crippen LogP contribution in [-0.4, -0.2) is 29.7 Å². The third-order valence-electron chi connectivity index (χ3n) is 3.34. The summed E-state index contributed by atoms with van der Waals surface area (Å²) in [5.41, 5.74) is -0.354. The number of nitrogens with zero attached hydrogens (tertiary/aromatic N) is 1. The number of benzene rings is 2. The number of halogens is 2. The highest BCUT2D eigenvalue weighted by molar-refractivity contribution is 5.68. The number of carbonyl (C=O) groups is 1. The molecule has 1 heterocycles. The third-order valence-corrected chi connectivity index (χ3v) is 3.34. The van der Waals surface area contributed by atoms with Crippen molar-refractivity contribution < 1.29 is 23.0 Å². The Bertz CT molecular complexity index is 696. The van der Waals surface area contributed by atoms with E-state index in [1.807, 2.05) is 20.8 Å². The van der Waals surface area contributed by atoms with Crippen LogP contribution >= 0.6 is 0 Å². The Labute approximate surface area is 152 Å². The summed E-state index contributed by atoms with van der Waals surface area (Å²) < 4.78 is 36.0. The second-order valence-electron chi connectivity index (χ2n) is 6.84. The van der Waals surface area contributed by atoms with Crippen LogP contribution in [0.4, 0.5) is 13.6 Å². The van der Waals surface area contributed by atoms with E-state index in [1.54, 1.807) is 17.0 Å². The molecule has 1 saturated heterocycles.